The summed E-state index contributed by atoms with van der Waals surface area (Å²) in [5.74, 6) is -2.18. The van der Waals surface area contributed by atoms with Crippen molar-refractivity contribution in [2.45, 2.75) is 354 Å². The maximum absolute atomic E-state index is 13.0. The number of carbonyl (C=O) groups is 4. The summed E-state index contributed by atoms with van der Waals surface area (Å²) < 4.78 is 68.3. The van der Waals surface area contributed by atoms with Gasteiger partial charge < -0.3 is 33.8 Å². The summed E-state index contributed by atoms with van der Waals surface area (Å²) in [5.41, 5.74) is 0. The zero-order chi connectivity index (χ0) is 67.5. The molecule has 0 aliphatic heterocycles. The van der Waals surface area contributed by atoms with Crippen molar-refractivity contribution in [3.63, 3.8) is 0 Å². The average molecular weight is 1350 g/mol. The summed E-state index contributed by atoms with van der Waals surface area (Å²) in [7, 11) is -9.93. The third-order valence-corrected chi connectivity index (χ3v) is 17.7. The molecule has 538 valence electrons. The fourth-order valence-corrected chi connectivity index (χ4v) is 11.6. The summed E-state index contributed by atoms with van der Waals surface area (Å²) in [5, 5.41) is 10.6. The van der Waals surface area contributed by atoms with Gasteiger partial charge in [-0.15, -0.1) is 0 Å². The zero-order valence-electron chi connectivity index (χ0n) is 58.5. The maximum atomic E-state index is 13.0. The molecule has 0 aliphatic carbocycles. The zero-order valence-corrected chi connectivity index (χ0v) is 60.3. The molecule has 0 aromatic rings. The van der Waals surface area contributed by atoms with Crippen LogP contribution in [0, 0.1) is 0 Å². The van der Waals surface area contributed by atoms with Gasteiger partial charge in [-0.05, 0) is 103 Å². The topological polar surface area (TPSA) is 237 Å². The van der Waals surface area contributed by atoms with Crippen molar-refractivity contribution in [1.82, 2.24) is 0 Å². The lowest BCUT2D eigenvalue weighted by atomic mass is 10.0. The normalized spacial score (nSPS) is 14.3. The number of carbonyl (C=O) groups excluding carboxylic acids is 4. The van der Waals surface area contributed by atoms with Crippen LogP contribution in [-0.2, 0) is 65.4 Å². The van der Waals surface area contributed by atoms with E-state index in [0.29, 0.717) is 25.7 Å². The highest BCUT2D eigenvalue weighted by Crippen LogP contribution is 2.45. The molecule has 0 bridgehead atoms. The fraction of sp³-hybridized carbons (Fsp3) is 0.836. The number of ether oxygens (including phenoxy) is 4. The lowest BCUT2D eigenvalue weighted by Crippen LogP contribution is -2.30. The fourth-order valence-electron chi connectivity index (χ4n) is 10.0. The molecule has 0 fully saturated rings. The number of allylic oxidation sites excluding steroid dienone is 8. The van der Waals surface area contributed by atoms with E-state index in [2.05, 4.69) is 76.3 Å². The van der Waals surface area contributed by atoms with Gasteiger partial charge in [-0.1, -0.05) is 256 Å². The van der Waals surface area contributed by atoms with Gasteiger partial charge >= 0.3 is 39.5 Å². The number of aliphatic hydroxyl groups excluding tert-OH is 1. The molecule has 0 saturated heterocycles. The summed E-state index contributed by atoms with van der Waals surface area (Å²) in [6, 6.07) is 0. The second-order valence-corrected chi connectivity index (χ2v) is 27.8. The number of aliphatic hydroxyl groups is 1. The van der Waals surface area contributed by atoms with E-state index in [1.807, 2.05) is 0 Å². The van der Waals surface area contributed by atoms with Crippen molar-refractivity contribution in [3.05, 3.63) is 48.6 Å². The first-order valence-corrected chi connectivity index (χ1v) is 39.9. The minimum atomic E-state index is -4.97. The van der Waals surface area contributed by atoms with Crippen molar-refractivity contribution in [2.24, 2.45) is 0 Å². The molecule has 0 saturated carbocycles. The Morgan fingerprint density at radius 1 is 0.304 bits per heavy atom. The molecule has 0 rings (SSSR count). The predicted molar refractivity (Wildman–Crippen MR) is 372 cm³/mol. The Hall–Kier alpha value is -2.98. The largest absolute Gasteiger partial charge is 0.472 e. The summed E-state index contributed by atoms with van der Waals surface area (Å²) >= 11 is 0. The highest BCUT2D eigenvalue weighted by molar-refractivity contribution is 7.47. The molecule has 0 radical (unpaired) electrons. The minimum absolute atomic E-state index is 0.0862. The van der Waals surface area contributed by atoms with Gasteiger partial charge in [0.25, 0.3) is 0 Å². The Morgan fingerprint density at radius 3 is 0.880 bits per heavy atom. The molecule has 3 N–H and O–H groups in total. The van der Waals surface area contributed by atoms with Crippen LogP contribution in [0.4, 0.5) is 0 Å². The molecule has 5 unspecified atom stereocenters. The molecule has 0 aromatic heterocycles. The second-order valence-electron chi connectivity index (χ2n) is 24.9. The third kappa shape index (κ3) is 65.7. The summed E-state index contributed by atoms with van der Waals surface area (Å²) in [6.45, 7) is 4.80. The van der Waals surface area contributed by atoms with Crippen LogP contribution in [0.1, 0.15) is 336 Å². The van der Waals surface area contributed by atoms with Crippen molar-refractivity contribution in [1.29, 1.82) is 0 Å². The first-order chi connectivity index (χ1) is 44.7. The standard InChI is InChI=1S/C73H134O17P2/c1-5-9-13-17-21-25-29-32-33-36-39-42-46-50-54-58-71(76)84-64-69(90-73(78)60-56-52-48-44-40-35-31-27-23-19-15-11-7-3)66-88-92(81,82)86-62-67(74)61-85-91(79,80)87-65-68(89-72(77)59-55-51-47-43-37-28-24-20-16-12-8-4)63-83-70(75)57-53-49-45-41-38-34-30-26-22-18-14-10-6-2/h20-21,24-25,27,31-33,67-69,74H,5-19,22-23,26,28-30,34-66H2,1-4H3,(H,79,80)(H,81,82)/b24-20-,25-21-,31-27-,33-32-. The second kappa shape index (κ2) is 66.6. The van der Waals surface area contributed by atoms with Gasteiger partial charge in [-0.2, -0.15) is 0 Å². The van der Waals surface area contributed by atoms with Gasteiger partial charge in [0.2, 0.25) is 0 Å². The molecule has 0 amide bonds. The van der Waals surface area contributed by atoms with Gasteiger partial charge in [-0.25, -0.2) is 9.13 Å². The number of phosphoric acid groups is 2. The molecule has 0 aromatic carbocycles. The Bertz CT molecular complexity index is 1940. The highest BCUT2D eigenvalue weighted by Gasteiger charge is 2.30. The summed E-state index contributed by atoms with van der Waals surface area (Å²) in [6.07, 6.45) is 61.1. The van der Waals surface area contributed by atoms with Gasteiger partial charge in [0.15, 0.2) is 12.2 Å². The Kier molecular flexibility index (Phi) is 64.5. The molecule has 19 heteroatoms. The van der Waals surface area contributed by atoms with Crippen LogP contribution in [0.25, 0.3) is 0 Å². The molecule has 0 aliphatic rings. The van der Waals surface area contributed by atoms with E-state index in [4.69, 9.17) is 37.0 Å². The van der Waals surface area contributed by atoms with Crippen LogP contribution < -0.4 is 0 Å². The Morgan fingerprint density at radius 2 is 0.543 bits per heavy atom. The summed E-state index contributed by atoms with van der Waals surface area (Å²) in [4.78, 5) is 72.6. The van der Waals surface area contributed by atoms with Gasteiger partial charge in [-0.3, -0.25) is 37.3 Å². The lowest BCUT2D eigenvalue weighted by Gasteiger charge is -2.21. The van der Waals surface area contributed by atoms with E-state index in [0.717, 1.165) is 141 Å². The number of rotatable bonds is 70. The molecule has 0 heterocycles. The van der Waals surface area contributed by atoms with Gasteiger partial charge in [0.05, 0.1) is 26.4 Å². The van der Waals surface area contributed by atoms with Crippen molar-refractivity contribution in [3.8, 4) is 0 Å². The van der Waals surface area contributed by atoms with Crippen LogP contribution >= 0.6 is 15.6 Å². The monoisotopic (exact) mass is 1340 g/mol. The quantitative estimate of drug-likeness (QED) is 0.0169. The van der Waals surface area contributed by atoms with Crippen LogP contribution in [0.2, 0.25) is 0 Å². The molecule has 17 nitrogen and oxygen atoms in total. The number of hydrogen-bond acceptors (Lipinski definition) is 15. The maximum Gasteiger partial charge on any atom is 0.472 e. The number of hydrogen-bond donors (Lipinski definition) is 3. The van der Waals surface area contributed by atoms with Crippen molar-refractivity contribution >= 4 is 39.5 Å². The van der Waals surface area contributed by atoms with Crippen molar-refractivity contribution in [2.75, 3.05) is 39.6 Å². The average Bonchev–Trinajstić information content (AvgIpc) is 3.58. The van der Waals surface area contributed by atoms with Crippen LogP contribution in [0.15, 0.2) is 48.6 Å². The predicted octanol–water partition coefficient (Wildman–Crippen LogP) is 20.6. The molecule has 92 heavy (non-hydrogen) atoms. The smallest absolute Gasteiger partial charge is 0.462 e. The van der Waals surface area contributed by atoms with Gasteiger partial charge in [0, 0.05) is 25.7 Å². The third-order valence-electron chi connectivity index (χ3n) is 15.8. The lowest BCUT2D eigenvalue weighted by molar-refractivity contribution is -0.161. The molecular weight excluding hydrogens is 1210 g/mol. The Labute approximate surface area is 559 Å². The van der Waals surface area contributed by atoms with E-state index in [9.17, 15) is 43.2 Å². The van der Waals surface area contributed by atoms with E-state index in [-0.39, 0.29) is 25.7 Å². The number of unbranched alkanes of at least 4 members (excludes halogenated alkanes) is 36. The number of esters is 4. The van der Waals surface area contributed by atoms with E-state index >= 15 is 0 Å². The number of phosphoric ester groups is 2. The molecule has 5 atom stereocenters. The minimum Gasteiger partial charge on any atom is -0.462 e. The first-order valence-electron chi connectivity index (χ1n) is 36.9. The highest BCUT2D eigenvalue weighted by atomic mass is 31.2. The van der Waals surface area contributed by atoms with E-state index in [1.54, 1.807) is 0 Å². The van der Waals surface area contributed by atoms with E-state index < -0.39 is 97.5 Å². The van der Waals surface area contributed by atoms with Crippen LogP contribution in [0.5, 0.6) is 0 Å². The Balaban J connectivity index is 5.30. The van der Waals surface area contributed by atoms with Crippen LogP contribution in [-0.4, -0.2) is 96.7 Å². The first kappa shape index (κ1) is 89.0. The van der Waals surface area contributed by atoms with E-state index in [1.165, 1.54) is 116 Å². The SMILES string of the molecule is CCCC/C=C\CCCCCCCC(=O)OC(COC(=O)CCCCCCCCCCCCCCC)COP(=O)(O)OCC(O)COP(=O)(O)OCC(COC(=O)CCCCCCC/C=C\C/C=C\CCCCC)OC(=O)CCCCCCC/C=C\CCCCCC. The molecular formula is C73H134O17P2. The van der Waals surface area contributed by atoms with Gasteiger partial charge in [0.1, 0.15) is 19.3 Å². The molecule has 0 spiro atoms. The van der Waals surface area contributed by atoms with Crippen molar-refractivity contribution < 1.29 is 80.2 Å². The van der Waals surface area contributed by atoms with Crippen LogP contribution in [0.3, 0.4) is 0 Å².